The lowest BCUT2D eigenvalue weighted by Gasteiger charge is -2.37. The Kier molecular flexibility index (Phi) is 6.71. The van der Waals surface area contributed by atoms with Crippen molar-refractivity contribution in [3.8, 4) is 0 Å². The summed E-state index contributed by atoms with van der Waals surface area (Å²) in [6.07, 6.45) is -3.98. The Morgan fingerprint density at radius 3 is 1.50 bits per heavy atom. The monoisotopic (exact) mass is 294 g/mol. The zero-order valence-electron chi connectivity index (χ0n) is 11.3. The maximum Gasteiger partial charge on any atom is 0.234 e. The largest absolute Gasteiger partial charge is 0.350 e. The van der Waals surface area contributed by atoms with E-state index in [4.69, 9.17) is 18.9 Å². The van der Waals surface area contributed by atoms with Gasteiger partial charge in [-0.15, -0.1) is 0 Å². The summed E-state index contributed by atoms with van der Waals surface area (Å²) >= 11 is 0. The lowest BCUT2D eigenvalue weighted by atomic mass is 10.2. The third-order valence-electron chi connectivity index (χ3n) is 2.54. The van der Waals surface area contributed by atoms with E-state index in [9.17, 15) is 20.2 Å². The molecule has 1 aliphatic rings. The first-order chi connectivity index (χ1) is 9.47. The first-order valence-electron chi connectivity index (χ1n) is 6.25. The van der Waals surface area contributed by atoms with Crippen molar-refractivity contribution >= 4 is 0 Å². The number of ether oxygens (including phenoxy) is 4. The molecule has 10 nitrogen and oxygen atoms in total. The van der Waals surface area contributed by atoms with Crippen LogP contribution in [-0.4, -0.2) is 60.9 Å². The van der Waals surface area contributed by atoms with E-state index in [0.29, 0.717) is 0 Å². The minimum atomic E-state index is -1.02. The average molecular weight is 294 g/mol. The Labute approximate surface area is 115 Å². The standard InChI is InChI=1S/C10H18N2O8/c1-3-17-9-7(5-11(13)14)20-10(18-4-2)8(19-9)6-12(15)16/h7-10H,3-6H2,1-2H3. The molecule has 1 fully saturated rings. The molecule has 0 bridgehead atoms. The maximum absolute atomic E-state index is 10.6. The van der Waals surface area contributed by atoms with Crippen LogP contribution in [0.4, 0.5) is 0 Å². The first kappa shape index (κ1) is 16.7. The van der Waals surface area contributed by atoms with Gasteiger partial charge in [-0.05, 0) is 13.8 Å². The Balaban J connectivity index is 2.78. The summed E-state index contributed by atoms with van der Waals surface area (Å²) in [5.74, 6) is 0. The van der Waals surface area contributed by atoms with Crippen LogP contribution in [-0.2, 0) is 18.9 Å². The molecular formula is C10H18N2O8. The highest BCUT2D eigenvalue weighted by molar-refractivity contribution is 4.75. The Morgan fingerprint density at radius 1 is 0.900 bits per heavy atom. The molecule has 0 radical (unpaired) electrons. The molecule has 0 aromatic carbocycles. The summed E-state index contributed by atoms with van der Waals surface area (Å²) in [6.45, 7) is 2.80. The number of nitro groups is 2. The SMILES string of the molecule is CCOC1OC(C[N+](=O)[O-])C(OCC)OC1C[N+](=O)[O-]. The quantitative estimate of drug-likeness (QED) is 0.454. The summed E-state index contributed by atoms with van der Waals surface area (Å²) in [4.78, 5) is 20.1. The smallest absolute Gasteiger partial charge is 0.234 e. The molecule has 0 aromatic rings. The minimum absolute atomic E-state index is 0.243. The number of hydrogen-bond donors (Lipinski definition) is 0. The average Bonchev–Trinajstić information content (AvgIpc) is 2.33. The van der Waals surface area contributed by atoms with Crippen molar-refractivity contribution in [1.82, 2.24) is 0 Å². The predicted octanol–water partition coefficient (Wildman–Crippen LogP) is 0.0490. The van der Waals surface area contributed by atoms with Crippen LogP contribution in [0.1, 0.15) is 13.8 Å². The van der Waals surface area contributed by atoms with E-state index in [1.54, 1.807) is 13.8 Å². The van der Waals surface area contributed by atoms with Crippen LogP contribution >= 0.6 is 0 Å². The van der Waals surface area contributed by atoms with Gasteiger partial charge in [-0.2, -0.15) is 0 Å². The van der Waals surface area contributed by atoms with Crippen molar-refractivity contribution in [2.24, 2.45) is 0 Å². The summed E-state index contributed by atoms with van der Waals surface area (Å²) in [5.41, 5.74) is 0. The Hall–Kier alpha value is -1.36. The highest BCUT2D eigenvalue weighted by atomic mass is 16.8. The lowest BCUT2D eigenvalue weighted by Crippen LogP contribution is -2.55. The van der Waals surface area contributed by atoms with Crippen LogP contribution in [0, 0.1) is 20.2 Å². The third-order valence-corrected chi connectivity index (χ3v) is 2.54. The van der Waals surface area contributed by atoms with Gasteiger partial charge in [0.1, 0.15) is 0 Å². The maximum atomic E-state index is 10.6. The molecule has 1 aliphatic heterocycles. The fourth-order valence-corrected chi connectivity index (χ4v) is 1.82. The molecule has 10 heteroatoms. The van der Waals surface area contributed by atoms with E-state index in [1.807, 2.05) is 0 Å². The summed E-state index contributed by atoms with van der Waals surface area (Å²) in [6, 6.07) is 0. The van der Waals surface area contributed by atoms with Crippen molar-refractivity contribution in [2.45, 2.75) is 38.6 Å². The lowest BCUT2D eigenvalue weighted by molar-refractivity contribution is -0.529. The van der Waals surface area contributed by atoms with E-state index in [1.165, 1.54) is 0 Å². The van der Waals surface area contributed by atoms with Crippen LogP contribution in [0.3, 0.4) is 0 Å². The molecule has 4 atom stereocenters. The molecule has 0 N–H and O–H groups in total. The molecular weight excluding hydrogens is 276 g/mol. The van der Waals surface area contributed by atoms with E-state index in [2.05, 4.69) is 0 Å². The zero-order chi connectivity index (χ0) is 15.1. The Bertz CT molecular complexity index is 307. The molecule has 20 heavy (non-hydrogen) atoms. The fourth-order valence-electron chi connectivity index (χ4n) is 1.82. The van der Waals surface area contributed by atoms with Gasteiger partial charge in [0.25, 0.3) is 0 Å². The summed E-state index contributed by atoms with van der Waals surface area (Å²) in [5, 5.41) is 21.2. The van der Waals surface area contributed by atoms with Crippen molar-refractivity contribution in [3.05, 3.63) is 20.2 Å². The van der Waals surface area contributed by atoms with Crippen molar-refractivity contribution in [2.75, 3.05) is 26.3 Å². The second kappa shape index (κ2) is 8.04. The molecule has 0 saturated carbocycles. The van der Waals surface area contributed by atoms with Gasteiger partial charge in [0.15, 0.2) is 24.8 Å². The van der Waals surface area contributed by atoms with Gasteiger partial charge >= 0.3 is 0 Å². The normalized spacial score (nSPS) is 30.1. The topological polar surface area (TPSA) is 123 Å². The Morgan fingerprint density at radius 2 is 1.25 bits per heavy atom. The van der Waals surface area contributed by atoms with Gasteiger partial charge in [-0.25, -0.2) is 0 Å². The van der Waals surface area contributed by atoms with Gasteiger partial charge in [-0.3, -0.25) is 20.2 Å². The molecule has 1 rings (SSSR count). The van der Waals surface area contributed by atoms with Crippen molar-refractivity contribution in [3.63, 3.8) is 0 Å². The summed E-state index contributed by atoms with van der Waals surface area (Å²) in [7, 11) is 0. The summed E-state index contributed by atoms with van der Waals surface area (Å²) < 4.78 is 21.2. The van der Waals surface area contributed by atoms with Crippen molar-refractivity contribution < 1.29 is 28.8 Å². The number of rotatable bonds is 8. The van der Waals surface area contributed by atoms with Crippen molar-refractivity contribution in [1.29, 1.82) is 0 Å². The number of nitrogens with zero attached hydrogens (tertiary/aromatic N) is 2. The molecule has 0 amide bonds. The molecule has 0 aliphatic carbocycles. The molecule has 0 aromatic heterocycles. The van der Waals surface area contributed by atoms with Crippen LogP contribution in [0.25, 0.3) is 0 Å². The first-order valence-corrected chi connectivity index (χ1v) is 6.25. The van der Waals surface area contributed by atoms with E-state index in [-0.39, 0.29) is 13.2 Å². The molecule has 0 spiro atoms. The van der Waals surface area contributed by atoms with Gasteiger partial charge in [-0.1, -0.05) is 0 Å². The van der Waals surface area contributed by atoms with Crippen LogP contribution in [0.5, 0.6) is 0 Å². The molecule has 116 valence electrons. The highest BCUT2D eigenvalue weighted by Crippen LogP contribution is 2.23. The molecule has 1 saturated heterocycles. The molecule has 4 unspecified atom stereocenters. The third kappa shape index (κ3) is 4.96. The zero-order valence-corrected chi connectivity index (χ0v) is 11.3. The van der Waals surface area contributed by atoms with E-state index >= 15 is 0 Å². The van der Waals surface area contributed by atoms with Gasteiger partial charge in [0.2, 0.25) is 13.1 Å². The minimum Gasteiger partial charge on any atom is -0.350 e. The second-order valence-electron chi connectivity index (χ2n) is 4.03. The van der Waals surface area contributed by atoms with Crippen LogP contribution < -0.4 is 0 Å². The number of hydrogen-bond acceptors (Lipinski definition) is 8. The predicted molar refractivity (Wildman–Crippen MR) is 64.3 cm³/mol. The fraction of sp³-hybridized carbons (Fsp3) is 1.00. The van der Waals surface area contributed by atoms with Gasteiger partial charge < -0.3 is 18.9 Å². The highest BCUT2D eigenvalue weighted by Gasteiger charge is 2.44. The second-order valence-corrected chi connectivity index (χ2v) is 4.03. The van der Waals surface area contributed by atoms with Crippen LogP contribution in [0.2, 0.25) is 0 Å². The molecule has 1 heterocycles. The van der Waals surface area contributed by atoms with Gasteiger partial charge in [0, 0.05) is 23.1 Å². The van der Waals surface area contributed by atoms with Crippen LogP contribution in [0.15, 0.2) is 0 Å². The van der Waals surface area contributed by atoms with E-state index in [0.717, 1.165) is 0 Å². The van der Waals surface area contributed by atoms with E-state index < -0.39 is 47.7 Å². The van der Waals surface area contributed by atoms with Gasteiger partial charge in [0.05, 0.1) is 0 Å².